The first-order valence-corrected chi connectivity index (χ1v) is 7.76. The summed E-state index contributed by atoms with van der Waals surface area (Å²) in [7, 11) is 0. The number of nitrogens with zero attached hydrogens (tertiary/aromatic N) is 2. The van der Waals surface area contributed by atoms with Crippen LogP contribution < -0.4 is 10.1 Å². The first-order chi connectivity index (χ1) is 11.9. The molecule has 3 rings (SSSR count). The zero-order chi connectivity index (χ0) is 17.9. The van der Waals surface area contributed by atoms with Crippen molar-refractivity contribution in [2.45, 2.75) is 6.36 Å². The number of thioether (sulfide) groups is 1. The number of carbonyl (C=O) groups excluding carboxylic acids is 1. The van der Waals surface area contributed by atoms with Crippen molar-refractivity contribution >= 4 is 34.6 Å². The minimum absolute atomic E-state index is 0.286. The second-order valence-electron chi connectivity index (χ2n) is 4.81. The molecule has 0 radical (unpaired) electrons. The van der Waals surface area contributed by atoms with E-state index in [0.717, 1.165) is 29.5 Å². The van der Waals surface area contributed by atoms with E-state index in [1.165, 1.54) is 12.1 Å². The zero-order valence-electron chi connectivity index (χ0n) is 12.4. The Labute approximate surface area is 144 Å². The maximum Gasteiger partial charge on any atom is 0.573 e. The molecule has 0 aliphatic carbocycles. The van der Waals surface area contributed by atoms with Crippen LogP contribution in [0.2, 0.25) is 0 Å². The van der Waals surface area contributed by atoms with Gasteiger partial charge in [-0.15, -0.1) is 13.2 Å². The van der Waals surface area contributed by atoms with E-state index in [1.54, 1.807) is 24.5 Å². The van der Waals surface area contributed by atoms with Crippen LogP contribution in [0.25, 0.3) is 6.08 Å². The summed E-state index contributed by atoms with van der Waals surface area (Å²) in [6.07, 6.45) is 0.267. The molecular weight excluding hydrogens is 355 g/mol. The number of amides is 1. The molecule has 1 N–H and O–H groups in total. The monoisotopic (exact) mass is 365 g/mol. The Hall–Kier alpha value is -2.81. The molecular formula is C16H10F3N3O2S. The summed E-state index contributed by atoms with van der Waals surface area (Å²) in [5.41, 5.74) is 1.17. The number of alkyl halides is 3. The highest BCUT2D eigenvalue weighted by Gasteiger charge is 2.31. The Balaban J connectivity index is 1.83. The Morgan fingerprint density at radius 3 is 2.60 bits per heavy atom. The predicted octanol–water partition coefficient (Wildman–Crippen LogP) is 4.51. The fourth-order valence-electron chi connectivity index (χ4n) is 1.98. The smallest absolute Gasteiger partial charge is 0.406 e. The number of nitrogens with one attached hydrogen (secondary N) is 1. The predicted molar refractivity (Wildman–Crippen MR) is 88.6 cm³/mol. The molecule has 1 aliphatic rings. The molecule has 1 amide bonds. The highest BCUT2D eigenvalue weighted by atomic mass is 32.2. The molecule has 2 heterocycles. The minimum Gasteiger partial charge on any atom is -0.406 e. The van der Waals surface area contributed by atoms with Gasteiger partial charge in [0.25, 0.3) is 5.24 Å². The van der Waals surface area contributed by atoms with Gasteiger partial charge in [-0.05, 0) is 53.7 Å². The normalized spacial score (nSPS) is 17.8. The first-order valence-electron chi connectivity index (χ1n) is 6.94. The van der Waals surface area contributed by atoms with E-state index in [2.05, 4.69) is 20.0 Å². The summed E-state index contributed by atoms with van der Waals surface area (Å²) in [5, 5.41) is 2.31. The van der Waals surface area contributed by atoms with Gasteiger partial charge in [0.2, 0.25) is 0 Å². The summed E-state index contributed by atoms with van der Waals surface area (Å²) < 4.78 is 40.3. The number of rotatable bonds is 3. The SMILES string of the molecule is O=C1NC(=Nc2ccc(OC(F)(F)F)cc2)/C(=C/c2cccnc2)S1. The third-order valence-electron chi connectivity index (χ3n) is 2.95. The summed E-state index contributed by atoms with van der Waals surface area (Å²) in [5.74, 6) is -0.0178. The van der Waals surface area contributed by atoms with Crippen molar-refractivity contribution in [2.75, 3.05) is 0 Å². The maximum atomic E-state index is 12.2. The molecule has 1 fully saturated rings. The van der Waals surface area contributed by atoms with E-state index < -0.39 is 6.36 Å². The fraction of sp³-hybridized carbons (Fsp3) is 0.0625. The lowest BCUT2D eigenvalue weighted by Crippen LogP contribution is -2.18. The number of aliphatic imine (C=N–C) groups is 1. The van der Waals surface area contributed by atoms with Gasteiger partial charge in [0.05, 0.1) is 10.6 Å². The topological polar surface area (TPSA) is 63.6 Å². The van der Waals surface area contributed by atoms with Crippen molar-refractivity contribution < 1.29 is 22.7 Å². The quantitative estimate of drug-likeness (QED) is 0.869. The van der Waals surface area contributed by atoms with Crippen LogP contribution in [0.4, 0.5) is 23.7 Å². The Morgan fingerprint density at radius 2 is 1.96 bits per heavy atom. The van der Waals surface area contributed by atoms with Crippen LogP contribution in [-0.2, 0) is 0 Å². The highest BCUT2D eigenvalue weighted by molar-refractivity contribution is 8.18. The molecule has 0 unspecified atom stereocenters. The number of carbonyl (C=O) groups is 1. The third-order valence-corrected chi connectivity index (χ3v) is 3.77. The van der Waals surface area contributed by atoms with Crippen LogP contribution in [0, 0.1) is 0 Å². The summed E-state index contributed by atoms with van der Waals surface area (Å²) in [6.45, 7) is 0. The Bertz CT molecular complexity index is 834. The van der Waals surface area contributed by atoms with E-state index in [-0.39, 0.29) is 11.0 Å². The van der Waals surface area contributed by atoms with Crippen molar-refractivity contribution in [3.05, 3.63) is 59.3 Å². The lowest BCUT2D eigenvalue weighted by Gasteiger charge is -2.08. The zero-order valence-corrected chi connectivity index (χ0v) is 13.3. The van der Waals surface area contributed by atoms with Gasteiger partial charge in [-0.3, -0.25) is 9.78 Å². The largest absolute Gasteiger partial charge is 0.573 e. The molecule has 2 aromatic rings. The van der Waals surface area contributed by atoms with E-state index in [4.69, 9.17) is 0 Å². The van der Waals surface area contributed by atoms with Gasteiger partial charge in [0.1, 0.15) is 11.6 Å². The molecule has 9 heteroatoms. The van der Waals surface area contributed by atoms with Crippen LogP contribution in [0.1, 0.15) is 5.56 Å². The molecule has 128 valence electrons. The van der Waals surface area contributed by atoms with Crippen LogP contribution in [-0.4, -0.2) is 22.4 Å². The number of hydrogen-bond donors (Lipinski definition) is 1. The highest BCUT2D eigenvalue weighted by Crippen LogP contribution is 2.29. The second kappa shape index (κ2) is 6.98. The van der Waals surface area contributed by atoms with Gasteiger partial charge >= 0.3 is 6.36 Å². The lowest BCUT2D eigenvalue weighted by atomic mass is 10.2. The number of aromatic nitrogens is 1. The van der Waals surface area contributed by atoms with Crippen LogP contribution >= 0.6 is 11.8 Å². The molecule has 0 bridgehead atoms. The van der Waals surface area contributed by atoms with Gasteiger partial charge in [0, 0.05) is 12.4 Å². The number of amidine groups is 1. The second-order valence-corrected chi connectivity index (χ2v) is 5.83. The lowest BCUT2D eigenvalue weighted by molar-refractivity contribution is -0.274. The van der Waals surface area contributed by atoms with Crippen LogP contribution in [0.15, 0.2) is 58.7 Å². The van der Waals surface area contributed by atoms with E-state index in [9.17, 15) is 18.0 Å². The average Bonchev–Trinajstić information content (AvgIpc) is 2.88. The number of pyridine rings is 1. The average molecular weight is 365 g/mol. The molecule has 25 heavy (non-hydrogen) atoms. The van der Waals surface area contributed by atoms with Crippen molar-refractivity contribution in [1.29, 1.82) is 0 Å². The molecule has 0 spiro atoms. The van der Waals surface area contributed by atoms with Crippen molar-refractivity contribution in [2.24, 2.45) is 4.99 Å². The van der Waals surface area contributed by atoms with E-state index in [1.807, 2.05) is 6.07 Å². The number of halogens is 3. The number of ether oxygens (including phenoxy) is 1. The molecule has 5 nitrogen and oxygen atoms in total. The Kier molecular flexibility index (Phi) is 4.75. The molecule has 0 saturated carbocycles. The fourth-order valence-corrected chi connectivity index (χ4v) is 2.71. The van der Waals surface area contributed by atoms with Gasteiger partial charge in [0.15, 0.2) is 0 Å². The third kappa shape index (κ3) is 4.83. The number of hydrogen-bond acceptors (Lipinski definition) is 5. The first kappa shape index (κ1) is 17.0. The van der Waals surface area contributed by atoms with Crippen molar-refractivity contribution in [1.82, 2.24) is 10.3 Å². The maximum absolute atomic E-state index is 12.2. The minimum atomic E-state index is -4.75. The molecule has 1 aliphatic heterocycles. The van der Waals surface area contributed by atoms with Crippen LogP contribution in [0.5, 0.6) is 5.75 Å². The molecule has 1 aromatic carbocycles. The Morgan fingerprint density at radius 1 is 1.20 bits per heavy atom. The summed E-state index contributed by atoms with van der Waals surface area (Å²) in [6, 6.07) is 8.63. The van der Waals surface area contributed by atoms with Gasteiger partial charge in [-0.25, -0.2) is 4.99 Å². The van der Waals surface area contributed by atoms with Crippen molar-refractivity contribution in [3.8, 4) is 5.75 Å². The molecule has 1 saturated heterocycles. The standard InChI is InChI=1S/C16H10F3N3O2S/c17-16(18,19)24-12-5-3-11(4-6-12)21-14-13(25-15(23)22-14)8-10-2-1-7-20-9-10/h1-9H,(H,21,22,23)/b13-8-. The van der Waals surface area contributed by atoms with Crippen molar-refractivity contribution in [3.63, 3.8) is 0 Å². The molecule has 0 atom stereocenters. The van der Waals surface area contributed by atoms with Gasteiger partial charge < -0.3 is 10.1 Å². The van der Waals surface area contributed by atoms with E-state index >= 15 is 0 Å². The van der Waals surface area contributed by atoms with E-state index in [0.29, 0.717) is 16.4 Å². The molecule has 1 aromatic heterocycles. The van der Waals surface area contributed by atoms with Crippen LogP contribution in [0.3, 0.4) is 0 Å². The summed E-state index contributed by atoms with van der Waals surface area (Å²) >= 11 is 0.978. The summed E-state index contributed by atoms with van der Waals surface area (Å²) in [4.78, 5) is 20.5. The van der Waals surface area contributed by atoms with Gasteiger partial charge in [-0.2, -0.15) is 0 Å². The van der Waals surface area contributed by atoms with Gasteiger partial charge in [-0.1, -0.05) is 6.07 Å². The number of benzene rings is 1.